The fourth-order valence-corrected chi connectivity index (χ4v) is 1.99. The lowest BCUT2D eigenvalue weighted by molar-refractivity contribution is -0.133. The van der Waals surface area contributed by atoms with Crippen molar-refractivity contribution in [1.29, 1.82) is 0 Å². The van der Waals surface area contributed by atoms with Crippen LogP contribution in [-0.4, -0.2) is 19.0 Å². The average molecular weight is 184 g/mol. The summed E-state index contributed by atoms with van der Waals surface area (Å²) < 4.78 is 5.04. The quantitative estimate of drug-likeness (QED) is 0.673. The molecule has 0 bridgehead atoms. The molecule has 1 aliphatic rings. The van der Waals surface area contributed by atoms with Crippen molar-refractivity contribution < 1.29 is 9.53 Å². The molecule has 0 saturated heterocycles. The van der Waals surface area contributed by atoms with E-state index in [0.29, 0.717) is 5.78 Å². The van der Waals surface area contributed by atoms with E-state index in [-0.39, 0.29) is 12.0 Å². The molecule has 0 heterocycles. The van der Waals surface area contributed by atoms with Gasteiger partial charge in [0.15, 0.2) is 5.78 Å². The van der Waals surface area contributed by atoms with Crippen LogP contribution in [0.5, 0.6) is 0 Å². The van der Waals surface area contributed by atoms with Gasteiger partial charge < -0.3 is 4.74 Å². The third-order valence-electron chi connectivity index (χ3n) is 3.17. The predicted octanol–water partition coefficient (Wildman–Crippen LogP) is 2.42. The molecule has 0 amide bonds. The summed E-state index contributed by atoms with van der Waals surface area (Å²) in [7, 11) is 1.61. The monoisotopic (exact) mass is 184 g/mol. The Hall–Kier alpha value is -0.370. The van der Waals surface area contributed by atoms with Crippen LogP contribution in [-0.2, 0) is 9.53 Å². The number of Topliss-reactive ketones (excluding diaryl/α,β-unsaturated/α-hetero) is 1. The lowest BCUT2D eigenvalue weighted by Crippen LogP contribution is -2.30. The Morgan fingerprint density at radius 1 is 1.31 bits per heavy atom. The molecular weight excluding hydrogens is 164 g/mol. The van der Waals surface area contributed by atoms with Crippen molar-refractivity contribution in [3.63, 3.8) is 0 Å². The summed E-state index contributed by atoms with van der Waals surface area (Å²) in [5, 5.41) is 0. The topological polar surface area (TPSA) is 26.3 Å². The lowest BCUT2D eigenvalue weighted by atomic mass is 9.80. The highest BCUT2D eigenvalue weighted by molar-refractivity contribution is 5.85. The molecule has 2 nitrogen and oxygen atoms in total. The normalized spacial score (nSPS) is 31.3. The minimum Gasteiger partial charge on any atom is -0.374 e. The summed E-state index contributed by atoms with van der Waals surface area (Å²) in [4.78, 5) is 11.7. The minimum absolute atomic E-state index is 0.210. The molecule has 76 valence electrons. The summed E-state index contributed by atoms with van der Waals surface area (Å²) in [6.07, 6.45) is 4.32. The van der Waals surface area contributed by atoms with Crippen LogP contribution in [0, 0.1) is 11.8 Å². The second-order valence-corrected chi connectivity index (χ2v) is 4.24. The lowest BCUT2D eigenvalue weighted by Gasteiger charge is -2.26. The van der Waals surface area contributed by atoms with Gasteiger partial charge in [0, 0.05) is 13.0 Å². The summed E-state index contributed by atoms with van der Waals surface area (Å²) >= 11 is 0. The largest absolute Gasteiger partial charge is 0.374 e. The Bertz CT molecular complexity index is 169. The molecule has 2 heteroatoms. The van der Waals surface area contributed by atoms with Gasteiger partial charge in [0.1, 0.15) is 6.10 Å². The fourth-order valence-electron chi connectivity index (χ4n) is 1.99. The van der Waals surface area contributed by atoms with E-state index < -0.39 is 0 Å². The van der Waals surface area contributed by atoms with E-state index in [0.717, 1.165) is 18.8 Å². The van der Waals surface area contributed by atoms with Crippen LogP contribution in [0.3, 0.4) is 0 Å². The molecule has 1 atom stereocenters. The van der Waals surface area contributed by atoms with Crippen molar-refractivity contribution in [2.45, 2.75) is 45.6 Å². The first-order chi connectivity index (χ1) is 6.15. The van der Waals surface area contributed by atoms with Crippen molar-refractivity contribution in [2.75, 3.05) is 7.11 Å². The molecule has 0 N–H and O–H groups in total. The van der Waals surface area contributed by atoms with E-state index in [1.54, 1.807) is 7.11 Å². The Kier molecular flexibility index (Phi) is 3.91. The van der Waals surface area contributed by atoms with Gasteiger partial charge >= 0.3 is 0 Å². The van der Waals surface area contributed by atoms with Gasteiger partial charge in [-0.1, -0.05) is 19.8 Å². The number of hydrogen-bond donors (Lipinski definition) is 0. The second kappa shape index (κ2) is 4.75. The molecule has 1 fully saturated rings. The summed E-state index contributed by atoms with van der Waals surface area (Å²) in [5.41, 5.74) is 0. The number of rotatable bonds is 3. The van der Waals surface area contributed by atoms with E-state index in [1.165, 1.54) is 12.8 Å². The Morgan fingerprint density at radius 3 is 2.31 bits per heavy atom. The van der Waals surface area contributed by atoms with Crippen molar-refractivity contribution >= 4 is 5.78 Å². The van der Waals surface area contributed by atoms with Crippen molar-refractivity contribution in [2.24, 2.45) is 11.8 Å². The van der Waals surface area contributed by atoms with E-state index in [2.05, 4.69) is 6.92 Å². The smallest absolute Gasteiger partial charge is 0.164 e. The fraction of sp³-hybridized carbons (Fsp3) is 0.909. The first-order valence-electron chi connectivity index (χ1n) is 5.21. The molecule has 0 aliphatic heterocycles. The molecule has 0 aromatic heterocycles. The third kappa shape index (κ3) is 2.80. The van der Waals surface area contributed by atoms with Crippen LogP contribution in [0.15, 0.2) is 0 Å². The van der Waals surface area contributed by atoms with Gasteiger partial charge in [-0.25, -0.2) is 0 Å². The predicted molar refractivity (Wildman–Crippen MR) is 52.6 cm³/mol. The van der Waals surface area contributed by atoms with Gasteiger partial charge in [0.25, 0.3) is 0 Å². The third-order valence-corrected chi connectivity index (χ3v) is 3.17. The van der Waals surface area contributed by atoms with E-state index in [9.17, 15) is 4.79 Å². The van der Waals surface area contributed by atoms with Crippen LogP contribution in [0.25, 0.3) is 0 Å². The van der Waals surface area contributed by atoms with Gasteiger partial charge in [-0.15, -0.1) is 0 Å². The Morgan fingerprint density at radius 2 is 1.85 bits per heavy atom. The zero-order chi connectivity index (χ0) is 9.84. The van der Waals surface area contributed by atoms with E-state index in [4.69, 9.17) is 4.74 Å². The van der Waals surface area contributed by atoms with Crippen molar-refractivity contribution in [3.8, 4) is 0 Å². The highest BCUT2D eigenvalue weighted by atomic mass is 16.5. The summed E-state index contributed by atoms with van der Waals surface area (Å²) in [5.74, 6) is 1.38. The molecular formula is C11H20O2. The maximum Gasteiger partial charge on any atom is 0.164 e. The first kappa shape index (κ1) is 10.7. The Labute approximate surface area is 80.7 Å². The summed E-state index contributed by atoms with van der Waals surface area (Å²) in [6.45, 7) is 4.11. The van der Waals surface area contributed by atoms with Gasteiger partial charge in [-0.3, -0.25) is 4.79 Å². The maximum atomic E-state index is 11.7. The Balaban J connectivity index is 2.40. The zero-order valence-corrected chi connectivity index (χ0v) is 8.88. The number of methoxy groups -OCH3 is 1. The van der Waals surface area contributed by atoms with Crippen LogP contribution in [0.4, 0.5) is 0 Å². The molecule has 1 saturated carbocycles. The SMILES string of the molecule is COC(C)C(=O)C1CCC(C)CC1. The highest BCUT2D eigenvalue weighted by Crippen LogP contribution is 2.29. The maximum absolute atomic E-state index is 11.7. The van der Waals surface area contributed by atoms with Crippen LogP contribution in [0.1, 0.15) is 39.5 Å². The molecule has 1 rings (SSSR count). The van der Waals surface area contributed by atoms with Crippen LogP contribution >= 0.6 is 0 Å². The molecule has 0 aromatic rings. The molecule has 0 spiro atoms. The van der Waals surface area contributed by atoms with Gasteiger partial charge in [-0.2, -0.15) is 0 Å². The second-order valence-electron chi connectivity index (χ2n) is 4.24. The van der Waals surface area contributed by atoms with Gasteiger partial charge in [0.05, 0.1) is 0 Å². The van der Waals surface area contributed by atoms with Gasteiger partial charge in [0.2, 0.25) is 0 Å². The zero-order valence-electron chi connectivity index (χ0n) is 8.88. The number of carbonyl (C=O) groups excluding carboxylic acids is 1. The van der Waals surface area contributed by atoms with Crippen LogP contribution < -0.4 is 0 Å². The standard InChI is InChI=1S/C11H20O2/c1-8-4-6-10(7-5-8)11(12)9(2)13-3/h8-10H,4-7H2,1-3H3. The van der Waals surface area contributed by atoms with E-state index >= 15 is 0 Å². The van der Waals surface area contributed by atoms with Gasteiger partial charge in [-0.05, 0) is 25.7 Å². The van der Waals surface area contributed by atoms with Crippen molar-refractivity contribution in [3.05, 3.63) is 0 Å². The summed E-state index contributed by atoms with van der Waals surface area (Å²) in [6, 6.07) is 0. The molecule has 1 aliphatic carbocycles. The average Bonchev–Trinajstić information content (AvgIpc) is 2.17. The molecule has 0 radical (unpaired) electrons. The molecule has 0 aromatic carbocycles. The highest BCUT2D eigenvalue weighted by Gasteiger charge is 2.27. The molecule has 1 unspecified atom stereocenters. The van der Waals surface area contributed by atoms with Crippen LogP contribution in [0.2, 0.25) is 0 Å². The first-order valence-corrected chi connectivity index (χ1v) is 5.21. The number of carbonyl (C=O) groups is 1. The number of ketones is 1. The number of ether oxygens (including phenoxy) is 1. The number of hydrogen-bond acceptors (Lipinski definition) is 2. The molecule has 13 heavy (non-hydrogen) atoms. The van der Waals surface area contributed by atoms with Crippen molar-refractivity contribution in [1.82, 2.24) is 0 Å². The minimum atomic E-state index is -0.210. The van der Waals surface area contributed by atoms with E-state index in [1.807, 2.05) is 6.92 Å².